The topological polar surface area (TPSA) is 0 Å². The highest BCUT2D eigenvalue weighted by atomic mass is 32.1. The van der Waals surface area contributed by atoms with Crippen molar-refractivity contribution in [3.63, 3.8) is 0 Å². The summed E-state index contributed by atoms with van der Waals surface area (Å²) in [6.07, 6.45) is 0. The Bertz CT molecular complexity index is 3180. The number of fused-ring (bicyclic) bond motifs is 7. The quantitative estimate of drug-likeness (QED) is 0.162. The molecular weight excluding hydrogens is 657 g/mol. The maximum Gasteiger partial charge on any atom is 0.0434 e. The maximum absolute atomic E-state index is 2.42. The zero-order valence-corrected chi connectivity index (χ0v) is 29.7. The van der Waals surface area contributed by atoms with Gasteiger partial charge in [0, 0.05) is 25.7 Å². The Morgan fingerprint density at radius 1 is 0.264 bits per heavy atom. The number of benzene rings is 10. The Hall–Kier alpha value is -6.54. The van der Waals surface area contributed by atoms with E-state index in [1.165, 1.54) is 108 Å². The van der Waals surface area contributed by atoms with E-state index in [-0.39, 0.29) is 0 Å². The lowest BCUT2D eigenvalue weighted by molar-refractivity contribution is 1.62. The van der Waals surface area contributed by atoms with Crippen molar-refractivity contribution in [1.29, 1.82) is 0 Å². The highest BCUT2D eigenvalue weighted by Crippen LogP contribution is 2.48. The van der Waals surface area contributed by atoms with E-state index >= 15 is 0 Å². The predicted molar refractivity (Wildman–Crippen MR) is 231 cm³/mol. The molecule has 1 heterocycles. The van der Waals surface area contributed by atoms with E-state index in [1.54, 1.807) is 0 Å². The summed E-state index contributed by atoms with van der Waals surface area (Å²) in [4.78, 5) is 0. The van der Waals surface area contributed by atoms with Gasteiger partial charge in [-0.1, -0.05) is 176 Å². The third-order valence-corrected chi connectivity index (χ3v) is 12.3. The van der Waals surface area contributed by atoms with Crippen molar-refractivity contribution in [3.05, 3.63) is 194 Å². The average molecular weight is 689 g/mol. The lowest BCUT2D eigenvalue weighted by Crippen LogP contribution is -1.92. The Balaban J connectivity index is 1.17. The fourth-order valence-corrected chi connectivity index (χ4v) is 9.91. The molecule has 1 heteroatoms. The molecule has 0 N–H and O–H groups in total. The second-order valence-electron chi connectivity index (χ2n) is 14.0. The van der Waals surface area contributed by atoms with Gasteiger partial charge in [0.1, 0.15) is 0 Å². The molecule has 0 nitrogen and oxygen atoms in total. The number of rotatable bonds is 4. The van der Waals surface area contributed by atoms with E-state index < -0.39 is 0 Å². The maximum atomic E-state index is 2.42. The molecule has 0 saturated carbocycles. The van der Waals surface area contributed by atoms with Gasteiger partial charge in [0.25, 0.3) is 0 Å². The molecule has 0 bridgehead atoms. The summed E-state index contributed by atoms with van der Waals surface area (Å²) in [6, 6.07) is 71.8. The molecule has 10 aromatic carbocycles. The molecule has 11 aromatic rings. The highest BCUT2D eigenvalue weighted by molar-refractivity contribution is 7.26. The van der Waals surface area contributed by atoms with Gasteiger partial charge >= 0.3 is 0 Å². The molecule has 1 aromatic heterocycles. The monoisotopic (exact) mass is 688 g/mol. The largest absolute Gasteiger partial charge is 0.135 e. The third kappa shape index (κ3) is 4.75. The number of hydrogen-bond donors (Lipinski definition) is 0. The van der Waals surface area contributed by atoms with Crippen molar-refractivity contribution in [3.8, 4) is 44.5 Å². The van der Waals surface area contributed by atoms with Gasteiger partial charge in [0.05, 0.1) is 0 Å². The van der Waals surface area contributed by atoms with Crippen LogP contribution in [-0.4, -0.2) is 0 Å². The van der Waals surface area contributed by atoms with Crippen LogP contribution in [-0.2, 0) is 0 Å². The van der Waals surface area contributed by atoms with Gasteiger partial charge in [-0.2, -0.15) is 0 Å². The van der Waals surface area contributed by atoms with Crippen LogP contribution in [0.5, 0.6) is 0 Å². The zero-order valence-electron chi connectivity index (χ0n) is 28.9. The highest BCUT2D eigenvalue weighted by Gasteiger charge is 2.20. The summed E-state index contributed by atoms with van der Waals surface area (Å²) in [6.45, 7) is 0. The molecule has 0 atom stereocenters. The summed E-state index contributed by atoms with van der Waals surface area (Å²) >= 11 is 1.90. The minimum absolute atomic E-state index is 1.22. The number of thiophene rings is 1. The summed E-state index contributed by atoms with van der Waals surface area (Å²) < 4.78 is 2.66. The molecule has 0 unspecified atom stereocenters. The molecule has 0 aliphatic rings. The fraction of sp³-hybridized carbons (Fsp3) is 0. The molecule has 11 rings (SSSR count). The Labute approximate surface area is 311 Å². The molecule has 0 aliphatic heterocycles. The van der Waals surface area contributed by atoms with Crippen LogP contribution in [0.3, 0.4) is 0 Å². The SMILES string of the molecule is c1cc(-c2ccc3ccccc3c2-c2cccc3c2sc2ccccc23)cc(-c2c3ccccc3c(-c3ccc4ccccc4c3)c3ccccc23)c1. The van der Waals surface area contributed by atoms with Gasteiger partial charge in [-0.05, 0) is 100 Å². The summed E-state index contributed by atoms with van der Waals surface area (Å²) in [5.41, 5.74) is 10.1. The molecule has 0 saturated heterocycles. The van der Waals surface area contributed by atoms with Crippen LogP contribution >= 0.6 is 11.3 Å². The van der Waals surface area contributed by atoms with Crippen molar-refractivity contribution in [1.82, 2.24) is 0 Å². The first-order chi connectivity index (χ1) is 26.3. The first-order valence-corrected chi connectivity index (χ1v) is 19.1. The molecule has 0 spiro atoms. The van der Waals surface area contributed by atoms with Gasteiger partial charge in [0.15, 0.2) is 0 Å². The van der Waals surface area contributed by atoms with Crippen LogP contribution in [0.1, 0.15) is 0 Å². The van der Waals surface area contributed by atoms with Crippen LogP contribution < -0.4 is 0 Å². The lowest BCUT2D eigenvalue weighted by atomic mass is 9.84. The van der Waals surface area contributed by atoms with E-state index in [1.807, 2.05) is 11.3 Å². The average Bonchev–Trinajstić information content (AvgIpc) is 3.61. The Morgan fingerprint density at radius 2 is 0.792 bits per heavy atom. The smallest absolute Gasteiger partial charge is 0.0434 e. The molecule has 0 fully saturated rings. The molecule has 53 heavy (non-hydrogen) atoms. The van der Waals surface area contributed by atoms with Gasteiger partial charge in [0.2, 0.25) is 0 Å². The first kappa shape index (κ1) is 30.1. The van der Waals surface area contributed by atoms with E-state index in [9.17, 15) is 0 Å². The van der Waals surface area contributed by atoms with Crippen LogP contribution in [0.15, 0.2) is 194 Å². The van der Waals surface area contributed by atoms with Crippen molar-refractivity contribution < 1.29 is 0 Å². The summed E-state index contributed by atoms with van der Waals surface area (Å²) in [5, 5.41) is 12.7. The molecule has 0 amide bonds. The Morgan fingerprint density at radius 3 is 1.53 bits per heavy atom. The van der Waals surface area contributed by atoms with E-state index in [4.69, 9.17) is 0 Å². The lowest BCUT2D eigenvalue weighted by Gasteiger charge is -2.19. The normalized spacial score (nSPS) is 11.8. The molecule has 246 valence electrons. The molecule has 0 aliphatic carbocycles. The zero-order chi connectivity index (χ0) is 34.9. The molecule has 0 radical (unpaired) electrons. The second kappa shape index (κ2) is 12.0. The van der Waals surface area contributed by atoms with Gasteiger partial charge < -0.3 is 0 Å². The third-order valence-electron chi connectivity index (χ3n) is 11.0. The fourth-order valence-electron chi connectivity index (χ4n) is 8.68. The van der Waals surface area contributed by atoms with Gasteiger partial charge in [-0.3, -0.25) is 0 Å². The van der Waals surface area contributed by atoms with Crippen LogP contribution in [0, 0.1) is 0 Å². The molecular formula is C52H32S. The van der Waals surface area contributed by atoms with Gasteiger partial charge in [-0.15, -0.1) is 11.3 Å². The summed E-state index contributed by atoms with van der Waals surface area (Å²) in [5.74, 6) is 0. The minimum Gasteiger partial charge on any atom is -0.135 e. The second-order valence-corrected chi connectivity index (χ2v) is 15.0. The van der Waals surface area contributed by atoms with Crippen LogP contribution in [0.25, 0.3) is 108 Å². The Kier molecular flexibility index (Phi) is 6.83. The standard InChI is InChI=1S/C52H32S/c1-2-15-35-31-38(28-27-33(35)13-1)50-44-22-7-5-20-42(44)49(43-21-6-8-23-45(43)50)37-17-11-16-36(32-37)40-30-29-34-14-3-4-18-39(34)51(40)47-25-12-24-46-41-19-9-10-26-48(41)53-52(46)47/h1-32H. The van der Waals surface area contributed by atoms with Crippen molar-refractivity contribution in [2.45, 2.75) is 0 Å². The van der Waals surface area contributed by atoms with Crippen LogP contribution in [0.4, 0.5) is 0 Å². The summed E-state index contributed by atoms with van der Waals surface area (Å²) in [7, 11) is 0. The van der Waals surface area contributed by atoms with E-state index in [0.29, 0.717) is 0 Å². The predicted octanol–water partition coefficient (Wildman–Crippen LogP) is 15.3. The number of hydrogen-bond acceptors (Lipinski definition) is 1. The minimum atomic E-state index is 1.22. The van der Waals surface area contributed by atoms with Crippen molar-refractivity contribution >= 4 is 74.6 Å². The van der Waals surface area contributed by atoms with Crippen LogP contribution in [0.2, 0.25) is 0 Å². The van der Waals surface area contributed by atoms with E-state index in [2.05, 4.69) is 194 Å². The van der Waals surface area contributed by atoms with Crippen molar-refractivity contribution in [2.75, 3.05) is 0 Å². The van der Waals surface area contributed by atoms with Gasteiger partial charge in [-0.25, -0.2) is 0 Å². The van der Waals surface area contributed by atoms with Crippen molar-refractivity contribution in [2.24, 2.45) is 0 Å². The first-order valence-electron chi connectivity index (χ1n) is 18.3. The van der Waals surface area contributed by atoms with E-state index in [0.717, 1.165) is 0 Å².